The molecule has 0 aliphatic heterocycles. The molecule has 0 N–H and O–H groups in total. The van der Waals surface area contributed by atoms with Gasteiger partial charge in [0.05, 0.1) is 15.5 Å². The van der Waals surface area contributed by atoms with Gasteiger partial charge in [-0.05, 0) is 18.9 Å². The molecule has 0 bridgehead atoms. The van der Waals surface area contributed by atoms with Gasteiger partial charge in [-0.25, -0.2) is 4.39 Å². The van der Waals surface area contributed by atoms with Crippen LogP contribution in [0.4, 0.5) is 10.1 Å². The molecule has 0 saturated heterocycles. The van der Waals surface area contributed by atoms with E-state index in [-0.39, 0.29) is 16.3 Å². The maximum absolute atomic E-state index is 13.7. The van der Waals surface area contributed by atoms with Crippen LogP contribution in [-0.2, 0) is 6.42 Å². The van der Waals surface area contributed by atoms with Gasteiger partial charge in [0, 0.05) is 6.07 Å². The molecule has 0 aliphatic rings. The molecule has 3 nitrogen and oxygen atoms in total. The van der Waals surface area contributed by atoms with Crippen LogP contribution in [0.2, 0.25) is 5.02 Å². The minimum absolute atomic E-state index is 0.0545. The van der Waals surface area contributed by atoms with Gasteiger partial charge in [-0.1, -0.05) is 37.8 Å². The smallest absolute Gasteiger partial charge is 0.258 e. The summed E-state index contributed by atoms with van der Waals surface area (Å²) in [6, 6.07) is 2.49. The SMILES string of the molecule is CCCCCCc1c([N+](=O)[O-])ccc(Cl)c1F. The van der Waals surface area contributed by atoms with Gasteiger partial charge in [0.2, 0.25) is 0 Å². The largest absolute Gasteiger partial charge is 0.275 e. The van der Waals surface area contributed by atoms with Crippen LogP contribution in [0.15, 0.2) is 12.1 Å². The molecule has 0 heterocycles. The van der Waals surface area contributed by atoms with Gasteiger partial charge in [-0.3, -0.25) is 10.1 Å². The molecule has 0 aromatic heterocycles. The molecule has 0 amide bonds. The van der Waals surface area contributed by atoms with Gasteiger partial charge < -0.3 is 0 Å². The maximum atomic E-state index is 13.7. The van der Waals surface area contributed by atoms with Crippen molar-refractivity contribution >= 4 is 17.3 Å². The van der Waals surface area contributed by atoms with Crippen molar-refractivity contribution in [3.8, 4) is 0 Å². The first-order valence-corrected chi connectivity index (χ1v) is 6.07. The van der Waals surface area contributed by atoms with Crippen molar-refractivity contribution in [2.45, 2.75) is 39.0 Å². The van der Waals surface area contributed by atoms with Gasteiger partial charge in [0.25, 0.3) is 5.69 Å². The number of nitro groups is 1. The predicted molar refractivity (Wildman–Crippen MR) is 65.9 cm³/mol. The Labute approximate surface area is 105 Å². The summed E-state index contributed by atoms with van der Waals surface area (Å²) < 4.78 is 13.7. The number of hydrogen-bond acceptors (Lipinski definition) is 2. The van der Waals surface area contributed by atoms with Crippen molar-refractivity contribution in [2.75, 3.05) is 0 Å². The number of halogens is 2. The lowest BCUT2D eigenvalue weighted by Crippen LogP contribution is -2.00. The van der Waals surface area contributed by atoms with E-state index < -0.39 is 10.7 Å². The van der Waals surface area contributed by atoms with E-state index in [2.05, 4.69) is 6.92 Å². The summed E-state index contributed by atoms with van der Waals surface area (Å²) in [6.07, 6.45) is 4.17. The Morgan fingerprint density at radius 3 is 2.65 bits per heavy atom. The minimum atomic E-state index is -0.655. The van der Waals surface area contributed by atoms with Crippen LogP contribution >= 0.6 is 11.6 Å². The quantitative estimate of drug-likeness (QED) is 0.428. The molecular weight excluding hydrogens is 245 g/mol. The highest BCUT2D eigenvalue weighted by atomic mass is 35.5. The number of hydrogen-bond donors (Lipinski definition) is 0. The van der Waals surface area contributed by atoms with E-state index in [1.165, 1.54) is 12.1 Å². The van der Waals surface area contributed by atoms with E-state index >= 15 is 0 Å². The van der Waals surface area contributed by atoms with Crippen molar-refractivity contribution < 1.29 is 9.31 Å². The van der Waals surface area contributed by atoms with Crippen molar-refractivity contribution in [2.24, 2.45) is 0 Å². The zero-order valence-electron chi connectivity index (χ0n) is 9.71. The van der Waals surface area contributed by atoms with Gasteiger partial charge in [-0.2, -0.15) is 0 Å². The minimum Gasteiger partial charge on any atom is -0.258 e. The first kappa shape index (κ1) is 13.9. The lowest BCUT2D eigenvalue weighted by molar-refractivity contribution is -0.385. The Balaban J connectivity index is 2.86. The Morgan fingerprint density at radius 1 is 1.35 bits per heavy atom. The molecule has 17 heavy (non-hydrogen) atoms. The second-order valence-corrected chi connectivity index (χ2v) is 4.33. The number of nitro benzene ring substituents is 1. The zero-order valence-corrected chi connectivity index (χ0v) is 10.5. The van der Waals surface area contributed by atoms with E-state index in [1.54, 1.807) is 0 Å². The molecule has 1 aromatic rings. The summed E-state index contributed by atoms with van der Waals surface area (Å²) in [5, 5.41) is 10.7. The number of unbranched alkanes of at least 4 members (excludes halogenated alkanes) is 3. The third-order valence-electron chi connectivity index (χ3n) is 2.65. The topological polar surface area (TPSA) is 43.1 Å². The van der Waals surface area contributed by atoms with Crippen LogP contribution < -0.4 is 0 Å². The van der Waals surface area contributed by atoms with Gasteiger partial charge >= 0.3 is 0 Å². The highest BCUT2D eigenvalue weighted by Gasteiger charge is 2.19. The summed E-state index contributed by atoms with van der Waals surface area (Å²) in [4.78, 5) is 10.2. The zero-order chi connectivity index (χ0) is 12.8. The van der Waals surface area contributed by atoms with E-state index in [9.17, 15) is 14.5 Å². The molecular formula is C12H15ClFNO2. The summed E-state index contributed by atoms with van der Waals surface area (Å²) in [7, 11) is 0. The van der Waals surface area contributed by atoms with E-state index in [1.807, 2.05) is 0 Å². The Bertz CT molecular complexity index is 410. The standard InChI is InChI=1S/C12H15ClFNO2/c1-2-3-4-5-6-9-11(15(16)17)8-7-10(13)12(9)14/h7-8H,2-6H2,1H3. The third kappa shape index (κ3) is 3.66. The molecule has 0 spiro atoms. The van der Waals surface area contributed by atoms with Gasteiger partial charge in [-0.15, -0.1) is 0 Å². The fourth-order valence-electron chi connectivity index (χ4n) is 1.72. The van der Waals surface area contributed by atoms with E-state index in [0.29, 0.717) is 6.42 Å². The van der Waals surface area contributed by atoms with Gasteiger partial charge in [0.15, 0.2) is 5.82 Å². The number of rotatable bonds is 6. The Kier molecular flexibility index (Phi) is 5.35. The maximum Gasteiger partial charge on any atom is 0.275 e. The number of nitrogens with zero attached hydrogens (tertiary/aromatic N) is 1. The average molecular weight is 260 g/mol. The van der Waals surface area contributed by atoms with Crippen molar-refractivity contribution in [3.63, 3.8) is 0 Å². The van der Waals surface area contributed by atoms with Crippen molar-refractivity contribution in [3.05, 3.63) is 38.7 Å². The fraction of sp³-hybridized carbons (Fsp3) is 0.500. The highest BCUT2D eigenvalue weighted by Crippen LogP contribution is 2.28. The number of benzene rings is 1. The molecule has 94 valence electrons. The molecule has 0 aliphatic carbocycles. The molecule has 0 fully saturated rings. The monoisotopic (exact) mass is 259 g/mol. The highest BCUT2D eigenvalue weighted by molar-refractivity contribution is 6.30. The van der Waals surface area contributed by atoms with Crippen LogP contribution in [0.25, 0.3) is 0 Å². The average Bonchev–Trinajstić information content (AvgIpc) is 2.29. The molecule has 1 rings (SSSR count). The van der Waals surface area contributed by atoms with Gasteiger partial charge in [0.1, 0.15) is 0 Å². The van der Waals surface area contributed by atoms with Crippen LogP contribution in [0.3, 0.4) is 0 Å². The summed E-state index contributed by atoms with van der Waals surface area (Å²) in [5.41, 5.74) is -0.0537. The molecule has 0 atom stereocenters. The molecule has 0 saturated carbocycles. The third-order valence-corrected chi connectivity index (χ3v) is 2.94. The second kappa shape index (κ2) is 6.55. The van der Waals surface area contributed by atoms with Crippen LogP contribution in [0.1, 0.15) is 38.2 Å². The first-order chi connectivity index (χ1) is 8.07. The Morgan fingerprint density at radius 2 is 2.06 bits per heavy atom. The summed E-state index contributed by atoms with van der Waals surface area (Å²) in [6.45, 7) is 2.07. The summed E-state index contributed by atoms with van der Waals surface area (Å²) >= 11 is 5.63. The van der Waals surface area contributed by atoms with Crippen LogP contribution in [0.5, 0.6) is 0 Å². The van der Waals surface area contributed by atoms with Crippen LogP contribution in [0, 0.1) is 15.9 Å². The normalized spacial score (nSPS) is 10.5. The van der Waals surface area contributed by atoms with Crippen molar-refractivity contribution in [1.29, 1.82) is 0 Å². The lowest BCUT2D eigenvalue weighted by atomic mass is 10.0. The second-order valence-electron chi connectivity index (χ2n) is 3.93. The first-order valence-electron chi connectivity index (χ1n) is 5.69. The lowest BCUT2D eigenvalue weighted by Gasteiger charge is -2.05. The van der Waals surface area contributed by atoms with Crippen molar-refractivity contribution in [1.82, 2.24) is 0 Å². The molecule has 0 radical (unpaired) electrons. The molecule has 5 heteroatoms. The van der Waals surface area contributed by atoms with Crippen LogP contribution in [-0.4, -0.2) is 4.92 Å². The molecule has 0 unspecified atom stereocenters. The molecule has 1 aromatic carbocycles. The summed E-state index contributed by atoms with van der Waals surface area (Å²) in [5.74, 6) is -0.655. The van der Waals surface area contributed by atoms with E-state index in [4.69, 9.17) is 11.6 Å². The van der Waals surface area contributed by atoms with E-state index in [0.717, 1.165) is 25.7 Å². The Hall–Kier alpha value is -1.16. The fourth-order valence-corrected chi connectivity index (χ4v) is 1.90. The predicted octanol–water partition coefficient (Wildman–Crippen LogP) is 4.51.